The molecule has 0 saturated heterocycles. The van der Waals surface area contributed by atoms with E-state index in [0.29, 0.717) is 11.3 Å². The predicted molar refractivity (Wildman–Crippen MR) is 143 cm³/mol. The van der Waals surface area contributed by atoms with E-state index < -0.39 is 11.9 Å². The van der Waals surface area contributed by atoms with E-state index in [1.807, 2.05) is 0 Å². The van der Waals surface area contributed by atoms with Crippen molar-refractivity contribution in [3.05, 3.63) is 92.8 Å². The average Bonchev–Trinajstić information content (AvgIpc) is 2.96. The molecule has 0 N–H and O–H groups in total. The molecule has 12 nitrogen and oxygen atoms in total. The summed E-state index contributed by atoms with van der Waals surface area (Å²) in [5, 5.41) is 0. The van der Waals surface area contributed by atoms with Gasteiger partial charge in [-0.25, -0.2) is 9.59 Å². The van der Waals surface area contributed by atoms with Gasteiger partial charge in [0.25, 0.3) is 11.1 Å². The molecule has 4 aromatic heterocycles. The fraction of sp³-hybridized carbons (Fsp3) is 0.185. The molecular formula is C27H26N4O8. The van der Waals surface area contributed by atoms with E-state index in [9.17, 15) is 19.2 Å². The van der Waals surface area contributed by atoms with Crippen LogP contribution in [-0.4, -0.2) is 58.6 Å². The van der Waals surface area contributed by atoms with Crippen molar-refractivity contribution < 1.29 is 28.5 Å². The molecule has 0 fully saturated rings. The lowest BCUT2D eigenvalue weighted by Crippen LogP contribution is -2.18. The summed E-state index contributed by atoms with van der Waals surface area (Å²) in [7, 11) is 4.09. The van der Waals surface area contributed by atoms with Crippen molar-refractivity contribution in [2.24, 2.45) is 0 Å². The SMILES string of the molecule is CCOC(=O)C=Cc1c(OC)nc2ccccn2c1=O.COC(=O)C=Cc1c(OC)nc2ccccn2c1=O. The molecule has 4 rings (SSSR count). The zero-order valence-corrected chi connectivity index (χ0v) is 21.7. The van der Waals surface area contributed by atoms with Gasteiger partial charge in [0.05, 0.1) is 27.9 Å². The number of esters is 2. The maximum atomic E-state index is 12.3. The molecular weight excluding hydrogens is 508 g/mol. The normalized spacial score (nSPS) is 10.9. The van der Waals surface area contributed by atoms with Crippen molar-refractivity contribution in [3.8, 4) is 11.8 Å². The van der Waals surface area contributed by atoms with E-state index in [4.69, 9.17) is 14.2 Å². The molecule has 0 atom stereocenters. The van der Waals surface area contributed by atoms with Gasteiger partial charge in [0.2, 0.25) is 11.8 Å². The zero-order valence-electron chi connectivity index (χ0n) is 21.7. The first-order valence-corrected chi connectivity index (χ1v) is 11.6. The highest BCUT2D eigenvalue weighted by Crippen LogP contribution is 2.15. The molecule has 0 aliphatic heterocycles. The van der Waals surface area contributed by atoms with Crippen LogP contribution in [0.3, 0.4) is 0 Å². The van der Waals surface area contributed by atoms with Crippen LogP contribution in [0.15, 0.2) is 70.5 Å². The highest BCUT2D eigenvalue weighted by atomic mass is 16.5. The van der Waals surface area contributed by atoms with Gasteiger partial charge in [-0.15, -0.1) is 0 Å². The molecule has 0 aliphatic carbocycles. The Kier molecular flexibility index (Phi) is 9.68. The van der Waals surface area contributed by atoms with Gasteiger partial charge in [-0.2, -0.15) is 9.97 Å². The maximum Gasteiger partial charge on any atom is 0.330 e. The number of carbonyl (C=O) groups excluding carboxylic acids is 2. The third-order valence-electron chi connectivity index (χ3n) is 5.11. The Morgan fingerprint density at radius 3 is 1.64 bits per heavy atom. The minimum atomic E-state index is -0.556. The first kappa shape index (κ1) is 28.3. The molecule has 4 aromatic rings. The minimum Gasteiger partial charge on any atom is -0.480 e. The number of pyridine rings is 2. The Morgan fingerprint density at radius 2 is 1.23 bits per heavy atom. The van der Waals surface area contributed by atoms with E-state index in [0.717, 1.165) is 6.08 Å². The number of hydrogen-bond donors (Lipinski definition) is 0. The topological polar surface area (TPSA) is 140 Å². The number of methoxy groups -OCH3 is 3. The molecule has 0 radical (unpaired) electrons. The highest BCUT2D eigenvalue weighted by Gasteiger charge is 2.12. The standard InChI is InChI=1S/C14H14N2O4.C13H12N2O4/c1-3-20-12(17)8-7-10-13(19-2)15-11-6-4-5-9-16(11)14(10)18;1-18-11(16)7-6-9-12(19-2)14-10-5-3-4-8-15(10)13(9)17/h4-9H,3H2,1-2H3;3-8H,1-2H3. The van der Waals surface area contributed by atoms with Crippen LogP contribution >= 0.6 is 0 Å². The van der Waals surface area contributed by atoms with Crippen LogP contribution in [0.5, 0.6) is 11.8 Å². The molecule has 0 amide bonds. The summed E-state index contributed by atoms with van der Waals surface area (Å²) < 4.78 is 22.2. The lowest BCUT2D eigenvalue weighted by molar-refractivity contribution is -0.137. The summed E-state index contributed by atoms with van der Waals surface area (Å²) >= 11 is 0. The molecule has 0 aromatic carbocycles. The van der Waals surface area contributed by atoms with Gasteiger partial charge in [0, 0.05) is 24.5 Å². The number of rotatable bonds is 7. The fourth-order valence-corrected chi connectivity index (χ4v) is 3.32. The van der Waals surface area contributed by atoms with Gasteiger partial charge in [0.1, 0.15) is 22.4 Å². The Balaban J connectivity index is 0.000000216. The molecule has 0 aliphatic rings. The largest absolute Gasteiger partial charge is 0.480 e. The van der Waals surface area contributed by atoms with Crippen molar-refractivity contribution in [2.75, 3.05) is 27.9 Å². The molecule has 0 bridgehead atoms. The fourth-order valence-electron chi connectivity index (χ4n) is 3.32. The molecule has 4 heterocycles. The summed E-state index contributed by atoms with van der Waals surface area (Å²) in [5.41, 5.74) is 0.707. The molecule has 0 saturated carbocycles. The van der Waals surface area contributed by atoms with Crippen LogP contribution in [0, 0.1) is 0 Å². The Morgan fingerprint density at radius 1 is 0.769 bits per heavy atom. The van der Waals surface area contributed by atoms with E-state index in [-0.39, 0.29) is 40.6 Å². The number of ether oxygens (including phenoxy) is 4. The predicted octanol–water partition coefficient (Wildman–Crippen LogP) is 2.17. The monoisotopic (exact) mass is 534 g/mol. The van der Waals surface area contributed by atoms with Crippen LogP contribution in [0.2, 0.25) is 0 Å². The second kappa shape index (κ2) is 13.3. The van der Waals surface area contributed by atoms with Crippen molar-refractivity contribution in [2.45, 2.75) is 6.92 Å². The van der Waals surface area contributed by atoms with Gasteiger partial charge in [0.15, 0.2) is 0 Å². The van der Waals surface area contributed by atoms with Gasteiger partial charge in [-0.1, -0.05) is 12.1 Å². The second-order valence-electron chi connectivity index (χ2n) is 7.48. The van der Waals surface area contributed by atoms with Crippen LogP contribution in [0.4, 0.5) is 0 Å². The summed E-state index contributed by atoms with van der Waals surface area (Å²) in [4.78, 5) is 55.4. The number of hydrogen-bond acceptors (Lipinski definition) is 10. The molecule has 39 heavy (non-hydrogen) atoms. The maximum absolute atomic E-state index is 12.3. The smallest absolute Gasteiger partial charge is 0.330 e. The highest BCUT2D eigenvalue weighted by molar-refractivity contribution is 5.88. The molecule has 12 heteroatoms. The van der Waals surface area contributed by atoms with Crippen LogP contribution < -0.4 is 20.6 Å². The number of nitrogens with zero attached hydrogens (tertiary/aromatic N) is 4. The van der Waals surface area contributed by atoms with Gasteiger partial charge in [-0.3, -0.25) is 18.4 Å². The lowest BCUT2D eigenvalue weighted by Gasteiger charge is -2.06. The summed E-state index contributed by atoms with van der Waals surface area (Å²) in [6, 6.07) is 10.4. The van der Waals surface area contributed by atoms with Crippen LogP contribution in [-0.2, 0) is 19.1 Å². The van der Waals surface area contributed by atoms with Crippen molar-refractivity contribution in [1.29, 1.82) is 0 Å². The first-order chi connectivity index (χ1) is 18.8. The Labute approximate surface area is 222 Å². The summed E-state index contributed by atoms with van der Waals surface area (Å²) in [5.74, 6) is -0.746. The van der Waals surface area contributed by atoms with E-state index in [1.54, 1.807) is 55.7 Å². The van der Waals surface area contributed by atoms with Crippen molar-refractivity contribution in [1.82, 2.24) is 18.8 Å². The third kappa shape index (κ3) is 6.74. The van der Waals surface area contributed by atoms with E-state index in [1.165, 1.54) is 48.4 Å². The average molecular weight is 535 g/mol. The number of carbonyl (C=O) groups is 2. The van der Waals surface area contributed by atoms with E-state index in [2.05, 4.69) is 14.7 Å². The number of aromatic nitrogens is 4. The molecule has 0 unspecified atom stereocenters. The van der Waals surface area contributed by atoms with Gasteiger partial charge >= 0.3 is 11.9 Å². The van der Waals surface area contributed by atoms with Crippen molar-refractivity contribution >= 4 is 35.4 Å². The van der Waals surface area contributed by atoms with E-state index >= 15 is 0 Å². The first-order valence-electron chi connectivity index (χ1n) is 11.6. The molecule has 202 valence electrons. The van der Waals surface area contributed by atoms with Crippen molar-refractivity contribution in [3.63, 3.8) is 0 Å². The summed E-state index contributed by atoms with van der Waals surface area (Å²) in [6.07, 6.45) is 8.21. The second-order valence-corrected chi connectivity index (χ2v) is 7.48. The zero-order chi connectivity index (χ0) is 28.4. The van der Waals surface area contributed by atoms with Gasteiger partial charge < -0.3 is 18.9 Å². The third-order valence-corrected chi connectivity index (χ3v) is 5.11. The number of fused-ring (bicyclic) bond motifs is 2. The minimum absolute atomic E-state index is 0.163. The Hall–Kier alpha value is -5.26. The van der Waals surface area contributed by atoms with Crippen LogP contribution in [0.25, 0.3) is 23.4 Å². The quantitative estimate of drug-likeness (QED) is 0.256. The molecule has 0 spiro atoms. The summed E-state index contributed by atoms with van der Waals surface area (Å²) in [6.45, 7) is 1.98. The lowest BCUT2D eigenvalue weighted by atomic mass is 10.2. The van der Waals surface area contributed by atoms with Crippen LogP contribution in [0.1, 0.15) is 18.1 Å². The Bertz CT molecular complexity index is 1670. The van der Waals surface area contributed by atoms with Gasteiger partial charge in [-0.05, 0) is 43.3 Å².